The summed E-state index contributed by atoms with van der Waals surface area (Å²) in [5, 5.41) is 14.7. The van der Waals surface area contributed by atoms with Crippen LogP contribution < -0.4 is 20.1 Å². The number of hydrogen-bond donors (Lipinski definition) is 2. The quantitative estimate of drug-likeness (QED) is 0.737. The second-order valence-electron chi connectivity index (χ2n) is 5.63. The number of aromatic nitrogens is 2. The molecule has 0 radical (unpaired) electrons. The SMILES string of the molecule is N#Cc1cccc(NC(=O)c2cnc(Nc3ccc4c(c3)OCO4)cn2)c1. The van der Waals surface area contributed by atoms with Crippen molar-refractivity contribution in [1.82, 2.24) is 9.97 Å². The van der Waals surface area contributed by atoms with E-state index < -0.39 is 5.91 Å². The Labute approximate surface area is 154 Å². The molecule has 0 saturated heterocycles. The van der Waals surface area contributed by atoms with Crippen LogP contribution in [0.4, 0.5) is 17.2 Å². The highest BCUT2D eigenvalue weighted by molar-refractivity contribution is 6.02. The summed E-state index contributed by atoms with van der Waals surface area (Å²) in [6, 6.07) is 14.1. The highest BCUT2D eigenvalue weighted by Gasteiger charge is 2.14. The van der Waals surface area contributed by atoms with Crippen LogP contribution in [-0.2, 0) is 0 Å². The number of carbonyl (C=O) groups is 1. The Morgan fingerprint density at radius 2 is 1.93 bits per heavy atom. The van der Waals surface area contributed by atoms with E-state index in [9.17, 15) is 4.79 Å². The van der Waals surface area contributed by atoms with Crippen LogP contribution in [0, 0.1) is 11.3 Å². The summed E-state index contributed by atoms with van der Waals surface area (Å²) < 4.78 is 10.6. The van der Waals surface area contributed by atoms with Gasteiger partial charge in [-0.05, 0) is 30.3 Å². The molecule has 1 aromatic heterocycles. The molecule has 2 heterocycles. The highest BCUT2D eigenvalue weighted by atomic mass is 16.7. The second-order valence-corrected chi connectivity index (χ2v) is 5.63. The van der Waals surface area contributed by atoms with Crippen LogP contribution in [-0.4, -0.2) is 22.7 Å². The van der Waals surface area contributed by atoms with Crippen LogP contribution in [0.25, 0.3) is 0 Å². The predicted molar refractivity (Wildman–Crippen MR) is 97.0 cm³/mol. The fourth-order valence-electron chi connectivity index (χ4n) is 2.49. The fourth-order valence-corrected chi connectivity index (χ4v) is 2.49. The number of carbonyl (C=O) groups excluding carboxylic acids is 1. The summed E-state index contributed by atoms with van der Waals surface area (Å²) in [7, 11) is 0. The number of hydrogen-bond acceptors (Lipinski definition) is 7. The molecule has 0 unspecified atom stereocenters. The zero-order valence-electron chi connectivity index (χ0n) is 14.0. The highest BCUT2D eigenvalue weighted by Crippen LogP contribution is 2.34. The van der Waals surface area contributed by atoms with Crippen molar-refractivity contribution in [2.45, 2.75) is 0 Å². The number of fused-ring (bicyclic) bond motifs is 1. The molecule has 132 valence electrons. The third kappa shape index (κ3) is 3.62. The molecule has 8 heteroatoms. The number of nitriles is 1. The number of nitrogens with zero attached hydrogens (tertiary/aromatic N) is 3. The number of rotatable bonds is 4. The lowest BCUT2D eigenvalue weighted by molar-refractivity contribution is 0.102. The Hall–Kier alpha value is -4.12. The maximum atomic E-state index is 12.3. The first kappa shape index (κ1) is 16.4. The maximum absolute atomic E-state index is 12.3. The van der Waals surface area contributed by atoms with Crippen molar-refractivity contribution in [2.75, 3.05) is 17.4 Å². The molecule has 1 amide bonds. The van der Waals surface area contributed by atoms with E-state index in [2.05, 4.69) is 20.6 Å². The smallest absolute Gasteiger partial charge is 0.275 e. The lowest BCUT2D eigenvalue weighted by Gasteiger charge is -2.07. The van der Waals surface area contributed by atoms with E-state index in [0.717, 1.165) is 5.69 Å². The fraction of sp³-hybridized carbons (Fsp3) is 0.0526. The third-order valence-electron chi connectivity index (χ3n) is 3.78. The summed E-state index contributed by atoms with van der Waals surface area (Å²) >= 11 is 0. The molecule has 0 atom stereocenters. The monoisotopic (exact) mass is 359 g/mol. The molecular formula is C19H13N5O3. The Balaban J connectivity index is 1.44. The minimum Gasteiger partial charge on any atom is -0.454 e. The summed E-state index contributed by atoms with van der Waals surface area (Å²) in [6.45, 7) is 0.208. The van der Waals surface area contributed by atoms with Crippen molar-refractivity contribution in [3.8, 4) is 17.6 Å². The average Bonchev–Trinajstić information content (AvgIpc) is 3.16. The summed E-state index contributed by atoms with van der Waals surface area (Å²) in [6.07, 6.45) is 2.84. The lowest BCUT2D eigenvalue weighted by Crippen LogP contribution is -2.14. The van der Waals surface area contributed by atoms with Gasteiger partial charge in [-0.15, -0.1) is 0 Å². The second kappa shape index (κ2) is 7.01. The molecule has 1 aliphatic heterocycles. The maximum Gasteiger partial charge on any atom is 0.275 e. The first-order valence-corrected chi connectivity index (χ1v) is 8.01. The van der Waals surface area contributed by atoms with E-state index in [1.165, 1.54) is 12.4 Å². The van der Waals surface area contributed by atoms with Crippen molar-refractivity contribution in [2.24, 2.45) is 0 Å². The van der Waals surface area contributed by atoms with E-state index in [4.69, 9.17) is 14.7 Å². The molecule has 0 bridgehead atoms. The van der Waals surface area contributed by atoms with Crippen molar-refractivity contribution in [1.29, 1.82) is 5.26 Å². The molecule has 0 aliphatic carbocycles. The van der Waals surface area contributed by atoms with Crippen LogP contribution in [0.5, 0.6) is 11.5 Å². The van der Waals surface area contributed by atoms with E-state index in [1.807, 2.05) is 12.1 Å². The normalized spacial score (nSPS) is 11.5. The number of benzene rings is 2. The first-order valence-electron chi connectivity index (χ1n) is 8.01. The number of anilines is 3. The Kier molecular flexibility index (Phi) is 4.25. The minimum absolute atomic E-state index is 0.161. The van der Waals surface area contributed by atoms with Gasteiger partial charge < -0.3 is 20.1 Å². The van der Waals surface area contributed by atoms with Crippen LogP contribution in [0.15, 0.2) is 54.9 Å². The summed E-state index contributed by atoms with van der Waals surface area (Å²) in [5.41, 5.74) is 1.90. The van der Waals surface area contributed by atoms with Gasteiger partial charge in [-0.3, -0.25) is 4.79 Å². The first-order chi connectivity index (χ1) is 13.2. The van der Waals surface area contributed by atoms with Gasteiger partial charge in [0.1, 0.15) is 11.5 Å². The van der Waals surface area contributed by atoms with Gasteiger partial charge in [0, 0.05) is 17.4 Å². The van der Waals surface area contributed by atoms with Crippen molar-refractivity contribution in [3.05, 3.63) is 66.1 Å². The molecular weight excluding hydrogens is 346 g/mol. The van der Waals surface area contributed by atoms with Gasteiger partial charge >= 0.3 is 0 Å². The molecule has 0 fully saturated rings. The van der Waals surface area contributed by atoms with E-state index in [1.54, 1.807) is 36.4 Å². The van der Waals surface area contributed by atoms with Gasteiger partial charge in [-0.1, -0.05) is 6.07 Å². The zero-order chi connectivity index (χ0) is 18.6. The predicted octanol–water partition coefficient (Wildman–Crippen LogP) is 3.07. The molecule has 2 N–H and O–H groups in total. The van der Waals surface area contributed by atoms with E-state index in [0.29, 0.717) is 28.6 Å². The average molecular weight is 359 g/mol. The number of ether oxygens (including phenoxy) is 2. The van der Waals surface area contributed by atoms with Gasteiger partial charge in [0.25, 0.3) is 5.91 Å². The standard InChI is InChI=1S/C19H13N5O3/c20-8-12-2-1-3-13(6-12)24-19(25)15-9-22-18(10-21-15)23-14-4-5-16-17(7-14)27-11-26-16/h1-7,9-10H,11H2,(H,22,23)(H,24,25). The number of amides is 1. The topological polar surface area (TPSA) is 109 Å². The molecule has 8 nitrogen and oxygen atoms in total. The number of nitrogens with one attached hydrogen (secondary N) is 2. The molecule has 0 spiro atoms. The third-order valence-corrected chi connectivity index (χ3v) is 3.78. The molecule has 2 aromatic carbocycles. The van der Waals surface area contributed by atoms with Crippen LogP contribution in [0.3, 0.4) is 0 Å². The summed E-state index contributed by atoms with van der Waals surface area (Å²) in [4.78, 5) is 20.6. The Morgan fingerprint density at radius 1 is 1.04 bits per heavy atom. The Bertz CT molecular complexity index is 1040. The van der Waals surface area contributed by atoms with Crippen molar-refractivity contribution >= 4 is 23.1 Å². The molecule has 4 rings (SSSR count). The van der Waals surface area contributed by atoms with Gasteiger partial charge in [0.2, 0.25) is 6.79 Å². The van der Waals surface area contributed by atoms with Gasteiger partial charge in [-0.2, -0.15) is 5.26 Å². The molecule has 1 aliphatic rings. The Morgan fingerprint density at radius 3 is 2.74 bits per heavy atom. The minimum atomic E-state index is -0.410. The van der Waals surface area contributed by atoms with Crippen molar-refractivity contribution in [3.63, 3.8) is 0 Å². The van der Waals surface area contributed by atoms with Crippen LogP contribution >= 0.6 is 0 Å². The van der Waals surface area contributed by atoms with Gasteiger partial charge in [0.05, 0.1) is 24.0 Å². The molecule has 3 aromatic rings. The lowest BCUT2D eigenvalue weighted by atomic mass is 10.2. The summed E-state index contributed by atoms with van der Waals surface area (Å²) in [5.74, 6) is 1.42. The van der Waals surface area contributed by atoms with Gasteiger partial charge in [-0.25, -0.2) is 9.97 Å². The van der Waals surface area contributed by atoms with Crippen LogP contribution in [0.2, 0.25) is 0 Å². The van der Waals surface area contributed by atoms with E-state index >= 15 is 0 Å². The molecule has 0 saturated carbocycles. The van der Waals surface area contributed by atoms with Crippen LogP contribution in [0.1, 0.15) is 16.1 Å². The zero-order valence-corrected chi connectivity index (χ0v) is 14.0. The molecule has 27 heavy (non-hydrogen) atoms. The van der Waals surface area contributed by atoms with E-state index in [-0.39, 0.29) is 12.5 Å². The van der Waals surface area contributed by atoms with Gasteiger partial charge in [0.15, 0.2) is 11.5 Å². The largest absolute Gasteiger partial charge is 0.454 e. The van der Waals surface area contributed by atoms with Crippen molar-refractivity contribution < 1.29 is 14.3 Å².